The van der Waals surface area contributed by atoms with Gasteiger partial charge in [0.2, 0.25) is 0 Å². The minimum Gasteiger partial charge on any atom is -0.466 e. The number of benzene rings is 3. The number of rotatable bonds is 2. The molecule has 5 heteroatoms. The molecule has 4 rings (SSSR count). The normalized spacial score (nSPS) is 17.2. The molecule has 2 N–H and O–H groups in total. The summed E-state index contributed by atoms with van der Waals surface area (Å²) in [6, 6.07) is 17.3. The number of allylic oxidation sites excluding steroid dienone is 1. The molecular weight excluding hydrogens is 328 g/mol. The topological polar surface area (TPSA) is 67.4 Å². The molecule has 1 aliphatic heterocycles. The maximum Gasteiger partial charge on any atom is 0.337 e. The third-order valence-corrected chi connectivity index (χ3v) is 4.77. The summed E-state index contributed by atoms with van der Waals surface area (Å²) >= 11 is 0. The molecule has 0 fully saturated rings. The molecule has 0 radical (unpaired) electrons. The number of hydrogen-bond acceptors (Lipinski definition) is 3. The maximum absolute atomic E-state index is 12.3. The van der Waals surface area contributed by atoms with E-state index in [0.29, 0.717) is 11.3 Å². The van der Waals surface area contributed by atoms with Gasteiger partial charge < -0.3 is 15.4 Å². The van der Waals surface area contributed by atoms with Gasteiger partial charge in [-0.15, -0.1) is 0 Å². The molecular formula is C21H18N2O3. The largest absolute Gasteiger partial charge is 0.466 e. The fourth-order valence-corrected chi connectivity index (χ4v) is 3.55. The van der Waals surface area contributed by atoms with Gasteiger partial charge in [0.25, 0.3) is 0 Å². The second-order valence-electron chi connectivity index (χ2n) is 6.33. The number of carbonyl (C=O) groups is 2. The van der Waals surface area contributed by atoms with Crippen LogP contribution in [-0.4, -0.2) is 19.1 Å². The lowest BCUT2D eigenvalue weighted by atomic mass is 9.90. The summed E-state index contributed by atoms with van der Waals surface area (Å²) in [5, 5.41) is 9.80. The zero-order chi connectivity index (χ0) is 18.3. The predicted molar refractivity (Wildman–Crippen MR) is 101 cm³/mol. The highest BCUT2D eigenvalue weighted by Crippen LogP contribution is 2.34. The number of nitrogens with one attached hydrogen (secondary N) is 2. The van der Waals surface area contributed by atoms with Crippen LogP contribution in [0.15, 0.2) is 65.9 Å². The summed E-state index contributed by atoms with van der Waals surface area (Å²) in [4.78, 5) is 24.4. The molecule has 3 aromatic carbocycles. The van der Waals surface area contributed by atoms with E-state index in [2.05, 4.69) is 34.9 Å². The van der Waals surface area contributed by atoms with Crippen LogP contribution >= 0.6 is 0 Å². The molecule has 0 aromatic heterocycles. The van der Waals surface area contributed by atoms with Crippen LogP contribution < -0.4 is 10.6 Å². The number of ether oxygens (including phenoxy) is 1. The lowest BCUT2D eigenvalue weighted by molar-refractivity contribution is -0.136. The number of esters is 1. The quantitative estimate of drug-likeness (QED) is 0.548. The first-order chi connectivity index (χ1) is 12.6. The molecule has 0 saturated heterocycles. The summed E-state index contributed by atoms with van der Waals surface area (Å²) in [6.45, 7) is 1.71. The van der Waals surface area contributed by atoms with E-state index in [1.165, 1.54) is 7.11 Å². The molecule has 2 amide bonds. The minimum absolute atomic E-state index is 0.335. The Bertz CT molecular complexity index is 1090. The van der Waals surface area contributed by atoms with Crippen molar-refractivity contribution in [1.29, 1.82) is 0 Å². The summed E-state index contributed by atoms with van der Waals surface area (Å²) in [7, 11) is 1.34. The van der Waals surface area contributed by atoms with E-state index in [1.54, 1.807) is 6.92 Å². The van der Waals surface area contributed by atoms with Crippen LogP contribution in [0.25, 0.3) is 21.5 Å². The number of amides is 2. The van der Waals surface area contributed by atoms with Gasteiger partial charge in [0.05, 0.1) is 18.7 Å². The van der Waals surface area contributed by atoms with Crippen LogP contribution in [0.4, 0.5) is 4.79 Å². The van der Waals surface area contributed by atoms with Gasteiger partial charge in [0.15, 0.2) is 0 Å². The monoisotopic (exact) mass is 346 g/mol. The molecule has 0 spiro atoms. The summed E-state index contributed by atoms with van der Waals surface area (Å²) < 4.78 is 4.94. The summed E-state index contributed by atoms with van der Waals surface area (Å²) in [6.07, 6.45) is 0. The van der Waals surface area contributed by atoms with Crippen molar-refractivity contribution in [3.05, 3.63) is 71.4 Å². The number of carbonyl (C=O) groups excluding carboxylic acids is 2. The molecule has 1 aliphatic rings. The van der Waals surface area contributed by atoms with E-state index >= 15 is 0 Å². The van der Waals surface area contributed by atoms with Crippen molar-refractivity contribution in [3.8, 4) is 0 Å². The second kappa shape index (κ2) is 6.19. The average molecular weight is 346 g/mol. The predicted octanol–water partition coefficient (Wildman–Crippen LogP) is 3.79. The lowest BCUT2D eigenvalue weighted by Gasteiger charge is -2.28. The molecule has 130 valence electrons. The molecule has 26 heavy (non-hydrogen) atoms. The Balaban J connectivity index is 1.97. The number of fused-ring (bicyclic) bond motifs is 2. The zero-order valence-electron chi connectivity index (χ0n) is 14.5. The first-order valence-electron chi connectivity index (χ1n) is 8.36. The zero-order valence-corrected chi connectivity index (χ0v) is 14.5. The number of urea groups is 1. The lowest BCUT2D eigenvalue weighted by Crippen LogP contribution is -2.45. The molecule has 0 aliphatic carbocycles. The van der Waals surface area contributed by atoms with Gasteiger partial charge >= 0.3 is 12.0 Å². The highest BCUT2D eigenvalue weighted by Gasteiger charge is 2.32. The highest BCUT2D eigenvalue weighted by atomic mass is 16.5. The van der Waals surface area contributed by atoms with Crippen LogP contribution in [0.1, 0.15) is 18.5 Å². The van der Waals surface area contributed by atoms with Gasteiger partial charge in [0.1, 0.15) is 0 Å². The second-order valence-corrected chi connectivity index (χ2v) is 6.33. The van der Waals surface area contributed by atoms with Gasteiger partial charge in [-0.2, -0.15) is 0 Å². The average Bonchev–Trinajstić information content (AvgIpc) is 2.64. The Morgan fingerprint density at radius 1 is 1.00 bits per heavy atom. The van der Waals surface area contributed by atoms with Crippen LogP contribution in [0.5, 0.6) is 0 Å². The van der Waals surface area contributed by atoms with E-state index in [4.69, 9.17) is 4.74 Å². The third kappa shape index (κ3) is 2.58. The Labute approximate surface area is 150 Å². The smallest absolute Gasteiger partial charge is 0.337 e. The first kappa shape index (κ1) is 16.1. The van der Waals surface area contributed by atoms with Crippen molar-refractivity contribution in [2.45, 2.75) is 13.0 Å². The van der Waals surface area contributed by atoms with E-state index in [1.807, 2.05) is 30.3 Å². The molecule has 1 unspecified atom stereocenters. The van der Waals surface area contributed by atoms with Gasteiger partial charge in [-0.25, -0.2) is 9.59 Å². The van der Waals surface area contributed by atoms with Crippen LogP contribution in [0.3, 0.4) is 0 Å². The molecule has 1 atom stereocenters. The Morgan fingerprint density at radius 2 is 1.69 bits per heavy atom. The van der Waals surface area contributed by atoms with Crippen molar-refractivity contribution in [1.82, 2.24) is 10.6 Å². The minimum atomic E-state index is -0.568. The number of hydrogen-bond donors (Lipinski definition) is 2. The van der Waals surface area contributed by atoms with Gasteiger partial charge in [-0.1, -0.05) is 42.5 Å². The highest BCUT2D eigenvalue weighted by molar-refractivity contribution is 6.02. The number of methoxy groups -OCH3 is 1. The Hall–Kier alpha value is -3.34. The van der Waals surface area contributed by atoms with Crippen molar-refractivity contribution < 1.29 is 14.3 Å². The fourth-order valence-electron chi connectivity index (χ4n) is 3.55. The summed E-state index contributed by atoms with van der Waals surface area (Å²) in [5.41, 5.74) is 1.78. The van der Waals surface area contributed by atoms with E-state index in [-0.39, 0.29) is 6.03 Å². The first-order valence-corrected chi connectivity index (χ1v) is 8.36. The van der Waals surface area contributed by atoms with Crippen molar-refractivity contribution >= 4 is 33.5 Å². The van der Waals surface area contributed by atoms with Crippen LogP contribution in [0, 0.1) is 0 Å². The SMILES string of the molecule is COC(=O)C1=C(C)NC(=O)NC1c1cccc2cc3ccccc3cc12. The van der Waals surface area contributed by atoms with Crippen molar-refractivity contribution in [2.75, 3.05) is 7.11 Å². The summed E-state index contributed by atoms with van der Waals surface area (Å²) in [5.74, 6) is -0.460. The molecule has 0 saturated carbocycles. The van der Waals surface area contributed by atoms with E-state index in [9.17, 15) is 9.59 Å². The maximum atomic E-state index is 12.3. The van der Waals surface area contributed by atoms with E-state index < -0.39 is 12.0 Å². The van der Waals surface area contributed by atoms with Crippen LogP contribution in [0.2, 0.25) is 0 Å². The third-order valence-electron chi connectivity index (χ3n) is 4.77. The Morgan fingerprint density at radius 3 is 2.42 bits per heavy atom. The molecule has 5 nitrogen and oxygen atoms in total. The fraction of sp³-hybridized carbons (Fsp3) is 0.143. The molecule has 3 aromatic rings. The molecule has 0 bridgehead atoms. The van der Waals surface area contributed by atoms with Crippen molar-refractivity contribution in [2.24, 2.45) is 0 Å². The van der Waals surface area contributed by atoms with Gasteiger partial charge in [0, 0.05) is 5.70 Å². The Kier molecular flexibility index (Phi) is 3.84. The van der Waals surface area contributed by atoms with E-state index in [0.717, 1.165) is 27.1 Å². The van der Waals surface area contributed by atoms with Gasteiger partial charge in [-0.3, -0.25) is 0 Å². The van der Waals surface area contributed by atoms with Gasteiger partial charge in [-0.05, 0) is 46.2 Å². The van der Waals surface area contributed by atoms with Crippen LogP contribution in [-0.2, 0) is 9.53 Å². The van der Waals surface area contributed by atoms with Crippen molar-refractivity contribution in [3.63, 3.8) is 0 Å². The standard InChI is InChI=1S/C21H18N2O3/c1-12-18(20(24)26-2)19(23-21(25)22-12)16-9-5-8-15-10-13-6-3-4-7-14(13)11-17(15)16/h3-11,19H,1-2H3,(H2,22,23,25). The molecule has 1 heterocycles.